The predicted octanol–water partition coefficient (Wildman–Crippen LogP) is 3.12. The Morgan fingerprint density at radius 2 is 2.10 bits per heavy atom. The molecule has 1 amide bonds. The van der Waals surface area contributed by atoms with Crippen molar-refractivity contribution in [2.75, 3.05) is 4.90 Å². The van der Waals surface area contributed by atoms with E-state index in [1.54, 1.807) is 22.8 Å². The second-order valence-corrected chi connectivity index (χ2v) is 5.41. The molecule has 0 aliphatic heterocycles. The van der Waals surface area contributed by atoms with E-state index < -0.39 is 0 Å². The number of aromatic nitrogens is 3. The molecule has 0 aliphatic rings. The van der Waals surface area contributed by atoms with Crippen molar-refractivity contribution in [3.8, 4) is 0 Å². The summed E-state index contributed by atoms with van der Waals surface area (Å²) in [6.07, 6.45) is 3.80. The third-order valence-electron chi connectivity index (χ3n) is 3.46. The third kappa shape index (κ3) is 3.08. The van der Waals surface area contributed by atoms with E-state index in [9.17, 15) is 4.79 Å². The van der Waals surface area contributed by atoms with Gasteiger partial charge < -0.3 is 0 Å². The molecule has 5 nitrogen and oxygen atoms in total. The van der Waals surface area contributed by atoms with Gasteiger partial charge in [-0.25, -0.2) is 9.67 Å². The van der Waals surface area contributed by atoms with E-state index in [0.717, 1.165) is 33.8 Å². The van der Waals surface area contributed by atoms with Gasteiger partial charge in [0, 0.05) is 11.9 Å². The maximum absolute atomic E-state index is 12.1. The molecular formula is C15H19ClN4O. The van der Waals surface area contributed by atoms with Gasteiger partial charge in [0.2, 0.25) is 5.91 Å². The van der Waals surface area contributed by atoms with Crippen LogP contribution in [0, 0.1) is 13.8 Å². The molecule has 21 heavy (non-hydrogen) atoms. The minimum Gasteiger partial charge on any atom is -0.292 e. The number of rotatable bonds is 4. The predicted molar refractivity (Wildman–Crippen MR) is 83.5 cm³/mol. The number of anilines is 1. The number of halogens is 1. The van der Waals surface area contributed by atoms with Crippen molar-refractivity contribution in [1.29, 1.82) is 0 Å². The average Bonchev–Trinajstić information content (AvgIpc) is 2.93. The Morgan fingerprint density at radius 3 is 2.62 bits per heavy atom. The van der Waals surface area contributed by atoms with Crippen LogP contribution >= 0.6 is 11.6 Å². The fraction of sp³-hybridized carbons (Fsp3) is 0.400. The highest BCUT2D eigenvalue weighted by molar-refractivity contribution is 6.32. The number of hydrogen-bond donors (Lipinski definition) is 0. The summed E-state index contributed by atoms with van der Waals surface area (Å²) in [7, 11) is 0. The van der Waals surface area contributed by atoms with Gasteiger partial charge in [-0.15, -0.1) is 0 Å². The van der Waals surface area contributed by atoms with Crippen molar-refractivity contribution in [2.24, 2.45) is 0 Å². The molecule has 2 rings (SSSR count). The van der Waals surface area contributed by atoms with Crippen LogP contribution in [0.2, 0.25) is 5.02 Å². The molecule has 0 saturated carbocycles. The van der Waals surface area contributed by atoms with Crippen LogP contribution in [0.1, 0.15) is 30.5 Å². The number of hydrogen-bond acceptors (Lipinski definition) is 3. The number of carbonyl (C=O) groups excluding carboxylic acids is 1. The van der Waals surface area contributed by atoms with E-state index in [1.165, 1.54) is 6.33 Å². The van der Waals surface area contributed by atoms with Crippen LogP contribution in [-0.2, 0) is 17.9 Å². The minimum absolute atomic E-state index is 0.0526. The Balaban J connectivity index is 2.55. The molecule has 0 bridgehead atoms. The van der Waals surface area contributed by atoms with Gasteiger partial charge in [-0.1, -0.05) is 24.6 Å². The van der Waals surface area contributed by atoms with Gasteiger partial charge in [0.05, 0.1) is 5.69 Å². The smallest absolute Gasteiger partial charge is 0.225 e. The van der Waals surface area contributed by atoms with Crippen LogP contribution < -0.4 is 4.90 Å². The van der Waals surface area contributed by atoms with Crippen LogP contribution in [0.25, 0.3) is 0 Å². The largest absolute Gasteiger partial charge is 0.292 e. The highest BCUT2D eigenvalue weighted by atomic mass is 35.5. The number of benzene rings is 1. The molecule has 6 heteroatoms. The van der Waals surface area contributed by atoms with Crippen LogP contribution in [0.3, 0.4) is 0 Å². The number of carbonyl (C=O) groups is 1. The topological polar surface area (TPSA) is 51.0 Å². The first-order valence-corrected chi connectivity index (χ1v) is 7.22. The molecule has 2 aromatic rings. The Morgan fingerprint density at radius 1 is 1.38 bits per heavy atom. The molecule has 0 aliphatic carbocycles. The lowest BCUT2D eigenvalue weighted by atomic mass is 10.0. The summed E-state index contributed by atoms with van der Waals surface area (Å²) in [5.41, 5.74) is 3.92. The van der Waals surface area contributed by atoms with Gasteiger partial charge in [-0.2, -0.15) is 5.10 Å². The second-order valence-electron chi connectivity index (χ2n) is 5.03. The zero-order valence-corrected chi connectivity index (χ0v) is 13.5. The Hall–Kier alpha value is -1.88. The first-order chi connectivity index (χ1) is 9.95. The van der Waals surface area contributed by atoms with Crippen molar-refractivity contribution < 1.29 is 4.79 Å². The van der Waals surface area contributed by atoms with Gasteiger partial charge >= 0.3 is 0 Å². The van der Waals surface area contributed by atoms with Gasteiger partial charge in [-0.3, -0.25) is 9.69 Å². The Labute approximate surface area is 129 Å². The number of aryl methyl sites for hydroxylation is 2. The molecule has 0 N–H and O–H groups in total. The summed E-state index contributed by atoms with van der Waals surface area (Å²) in [4.78, 5) is 17.7. The van der Waals surface area contributed by atoms with Crippen LogP contribution in [0.15, 0.2) is 18.7 Å². The Kier molecular flexibility index (Phi) is 4.63. The molecular weight excluding hydrogens is 288 g/mol. The standard InChI is InChI=1S/C15H19ClN4O/c1-5-13-14(16)10(2)6-11(3)15(13)20(12(4)21)9-19-8-17-7-18-19/h6-8H,5,9H2,1-4H3. The first kappa shape index (κ1) is 15.5. The summed E-state index contributed by atoms with van der Waals surface area (Å²) in [6.45, 7) is 7.88. The maximum atomic E-state index is 12.1. The average molecular weight is 307 g/mol. The molecule has 0 spiro atoms. The lowest BCUT2D eigenvalue weighted by Crippen LogP contribution is -2.32. The summed E-state index contributed by atoms with van der Waals surface area (Å²) in [5.74, 6) is -0.0526. The lowest BCUT2D eigenvalue weighted by molar-refractivity contribution is -0.117. The Bertz CT molecular complexity index is 652. The second kappa shape index (κ2) is 6.26. The monoisotopic (exact) mass is 306 g/mol. The van der Waals surface area contributed by atoms with E-state index in [-0.39, 0.29) is 5.91 Å². The third-order valence-corrected chi connectivity index (χ3v) is 3.99. The minimum atomic E-state index is -0.0526. The molecule has 0 atom stereocenters. The van der Waals surface area contributed by atoms with E-state index in [1.807, 2.05) is 26.8 Å². The highest BCUT2D eigenvalue weighted by Gasteiger charge is 2.21. The molecule has 0 radical (unpaired) electrons. The van der Waals surface area contributed by atoms with Gasteiger partial charge in [0.1, 0.15) is 19.3 Å². The van der Waals surface area contributed by atoms with E-state index in [4.69, 9.17) is 11.6 Å². The summed E-state index contributed by atoms with van der Waals surface area (Å²) in [6, 6.07) is 2.01. The maximum Gasteiger partial charge on any atom is 0.225 e. The summed E-state index contributed by atoms with van der Waals surface area (Å²) in [5, 5.41) is 4.79. The SMILES string of the molecule is CCc1c(Cl)c(C)cc(C)c1N(Cn1cncn1)C(C)=O. The summed E-state index contributed by atoms with van der Waals surface area (Å²) < 4.78 is 1.62. The molecule has 0 saturated heterocycles. The van der Waals surface area contributed by atoms with E-state index in [0.29, 0.717) is 6.67 Å². The molecule has 112 valence electrons. The zero-order valence-electron chi connectivity index (χ0n) is 12.7. The first-order valence-electron chi connectivity index (χ1n) is 6.84. The fourth-order valence-corrected chi connectivity index (χ4v) is 2.79. The van der Waals surface area contributed by atoms with Crippen molar-refractivity contribution in [3.63, 3.8) is 0 Å². The molecule has 1 aromatic carbocycles. The van der Waals surface area contributed by atoms with Crippen molar-refractivity contribution in [2.45, 2.75) is 40.8 Å². The van der Waals surface area contributed by atoms with Crippen LogP contribution in [-0.4, -0.2) is 20.7 Å². The quantitative estimate of drug-likeness (QED) is 0.872. The van der Waals surface area contributed by atoms with Gasteiger partial charge in [0.15, 0.2) is 0 Å². The van der Waals surface area contributed by atoms with E-state index >= 15 is 0 Å². The van der Waals surface area contributed by atoms with Crippen LogP contribution in [0.5, 0.6) is 0 Å². The molecule has 1 heterocycles. The fourth-order valence-electron chi connectivity index (χ4n) is 2.51. The van der Waals surface area contributed by atoms with Crippen LogP contribution in [0.4, 0.5) is 5.69 Å². The van der Waals surface area contributed by atoms with Gasteiger partial charge in [0.25, 0.3) is 0 Å². The number of amides is 1. The normalized spacial score (nSPS) is 10.7. The van der Waals surface area contributed by atoms with Crippen molar-refractivity contribution >= 4 is 23.2 Å². The molecule has 1 aromatic heterocycles. The van der Waals surface area contributed by atoms with Crippen molar-refractivity contribution in [3.05, 3.63) is 40.4 Å². The van der Waals surface area contributed by atoms with Crippen molar-refractivity contribution in [1.82, 2.24) is 14.8 Å². The van der Waals surface area contributed by atoms with Gasteiger partial charge in [-0.05, 0) is 37.0 Å². The molecule has 0 fully saturated rings. The lowest BCUT2D eigenvalue weighted by Gasteiger charge is -2.27. The molecule has 0 unspecified atom stereocenters. The summed E-state index contributed by atoms with van der Waals surface area (Å²) >= 11 is 6.43. The zero-order chi connectivity index (χ0) is 15.6. The number of nitrogens with zero attached hydrogens (tertiary/aromatic N) is 4. The highest BCUT2D eigenvalue weighted by Crippen LogP contribution is 2.34. The van der Waals surface area contributed by atoms with E-state index in [2.05, 4.69) is 10.1 Å².